The molecule has 1 aromatic carbocycles. The predicted octanol–water partition coefficient (Wildman–Crippen LogP) is 1.45. The van der Waals surface area contributed by atoms with E-state index in [0.29, 0.717) is 31.1 Å². The highest BCUT2D eigenvalue weighted by atomic mass is 16.2. The molecule has 128 valence electrons. The average molecular weight is 328 g/mol. The van der Waals surface area contributed by atoms with Gasteiger partial charge in [0.1, 0.15) is 0 Å². The van der Waals surface area contributed by atoms with E-state index >= 15 is 0 Å². The molecule has 2 saturated heterocycles. The van der Waals surface area contributed by atoms with Crippen LogP contribution in [0.15, 0.2) is 36.9 Å². The van der Waals surface area contributed by atoms with Gasteiger partial charge in [0.2, 0.25) is 0 Å². The van der Waals surface area contributed by atoms with Gasteiger partial charge in [0.15, 0.2) is 0 Å². The minimum absolute atomic E-state index is 0.0846. The summed E-state index contributed by atoms with van der Waals surface area (Å²) >= 11 is 0. The Labute approximate surface area is 142 Å². The van der Waals surface area contributed by atoms with Gasteiger partial charge in [-0.05, 0) is 37.1 Å². The van der Waals surface area contributed by atoms with Crippen molar-refractivity contribution in [3.63, 3.8) is 0 Å². The molecule has 3 rings (SSSR count). The van der Waals surface area contributed by atoms with Crippen molar-refractivity contribution in [2.75, 3.05) is 44.2 Å². The van der Waals surface area contributed by atoms with Crippen LogP contribution in [0, 0.1) is 5.92 Å². The van der Waals surface area contributed by atoms with Gasteiger partial charge in [-0.25, -0.2) is 4.79 Å². The highest BCUT2D eigenvalue weighted by Gasteiger charge is 2.23. The number of likely N-dealkylation sites (tertiary alicyclic amines) is 1. The molecule has 2 aliphatic heterocycles. The number of carbonyl (C=O) groups excluding carboxylic acids is 2. The van der Waals surface area contributed by atoms with Crippen LogP contribution in [0.25, 0.3) is 0 Å². The molecule has 2 N–H and O–H groups in total. The second-order valence-electron chi connectivity index (χ2n) is 6.35. The van der Waals surface area contributed by atoms with Gasteiger partial charge in [0, 0.05) is 44.0 Å². The van der Waals surface area contributed by atoms with Gasteiger partial charge in [0.05, 0.1) is 0 Å². The summed E-state index contributed by atoms with van der Waals surface area (Å²) in [6, 6.07) is 7.12. The Morgan fingerprint density at radius 3 is 3.04 bits per heavy atom. The molecule has 0 aliphatic carbocycles. The number of nitrogens with zero attached hydrogens (tertiary/aromatic N) is 2. The highest BCUT2D eigenvalue weighted by Crippen LogP contribution is 2.19. The van der Waals surface area contributed by atoms with Gasteiger partial charge < -0.3 is 10.6 Å². The molecule has 2 fully saturated rings. The molecule has 0 spiro atoms. The first kappa shape index (κ1) is 16.5. The lowest BCUT2D eigenvalue weighted by Crippen LogP contribution is -2.31. The summed E-state index contributed by atoms with van der Waals surface area (Å²) in [6.07, 6.45) is 3.02. The van der Waals surface area contributed by atoms with Gasteiger partial charge in [0.25, 0.3) is 5.91 Å². The monoisotopic (exact) mass is 328 g/mol. The molecule has 0 aromatic heterocycles. The van der Waals surface area contributed by atoms with Crippen molar-refractivity contribution in [2.45, 2.75) is 6.42 Å². The Morgan fingerprint density at radius 1 is 1.42 bits per heavy atom. The van der Waals surface area contributed by atoms with Gasteiger partial charge >= 0.3 is 6.03 Å². The number of urea groups is 1. The van der Waals surface area contributed by atoms with Crippen LogP contribution in [0.4, 0.5) is 10.5 Å². The lowest BCUT2D eigenvalue weighted by atomic mass is 10.1. The molecule has 1 aromatic rings. The zero-order valence-electron chi connectivity index (χ0n) is 13.8. The maximum atomic E-state index is 12.4. The number of nitrogens with one attached hydrogen (secondary N) is 2. The average Bonchev–Trinajstić information content (AvgIpc) is 3.22. The normalized spacial score (nSPS) is 20.9. The fourth-order valence-corrected chi connectivity index (χ4v) is 3.30. The number of hydrogen-bond donors (Lipinski definition) is 2. The number of amides is 3. The van der Waals surface area contributed by atoms with E-state index in [9.17, 15) is 9.59 Å². The summed E-state index contributed by atoms with van der Waals surface area (Å²) < 4.78 is 0. The molecule has 0 bridgehead atoms. The minimum Gasteiger partial charge on any atom is -0.352 e. The van der Waals surface area contributed by atoms with Crippen LogP contribution in [0.5, 0.6) is 0 Å². The standard InChI is InChI=1S/C18H24N4O2/c1-2-8-21-9-6-14(13-21)12-20-17(23)15-4-3-5-16(11-15)22-10-7-19-18(22)24/h2-5,11,14H,1,6-10,12-13H2,(H,19,24)(H,20,23). The number of carbonyl (C=O) groups is 2. The van der Waals surface area contributed by atoms with Crippen LogP contribution in [-0.4, -0.2) is 56.1 Å². The molecule has 1 atom stereocenters. The Kier molecular flexibility index (Phi) is 5.15. The maximum absolute atomic E-state index is 12.4. The molecule has 2 heterocycles. The summed E-state index contributed by atoms with van der Waals surface area (Å²) in [5, 5.41) is 5.79. The third kappa shape index (κ3) is 3.76. The van der Waals surface area contributed by atoms with Crippen molar-refractivity contribution in [1.82, 2.24) is 15.5 Å². The maximum Gasteiger partial charge on any atom is 0.321 e. The first-order valence-electron chi connectivity index (χ1n) is 8.44. The van der Waals surface area contributed by atoms with E-state index < -0.39 is 0 Å². The van der Waals surface area contributed by atoms with Crippen molar-refractivity contribution in [3.05, 3.63) is 42.5 Å². The van der Waals surface area contributed by atoms with Gasteiger partial charge in [-0.15, -0.1) is 6.58 Å². The van der Waals surface area contributed by atoms with Crippen LogP contribution >= 0.6 is 0 Å². The number of anilines is 1. The Balaban J connectivity index is 1.55. The zero-order chi connectivity index (χ0) is 16.9. The fourth-order valence-electron chi connectivity index (χ4n) is 3.30. The number of hydrogen-bond acceptors (Lipinski definition) is 3. The van der Waals surface area contributed by atoms with E-state index in [1.807, 2.05) is 18.2 Å². The highest BCUT2D eigenvalue weighted by molar-refractivity contribution is 5.98. The SMILES string of the molecule is C=CCN1CCC(CNC(=O)c2cccc(N3CCNC3=O)c2)C1. The molecule has 2 aliphatic rings. The first-order chi connectivity index (χ1) is 11.7. The van der Waals surface area contributed by atoms with E-state index in [1.165, 1.54) is 0 Å². The van der Waals surface area contributed by atoms with Crippen molar-refractivity contribution in [3.8, 4) is 0 Å². The third-order valence-corrected chi connectivity index (χ3v) is 4.59. The molecule has 24 heavy (non-hydrogen) atoms. The summed E-state index contributed by atoms with van der Waals surface area (Å²) in [5.74, 6) is 0.403. The van der Waals surface area contributed by atoms with E-state index in [1.54, 1.807) is 17.0 Å². The van der Waals surface area contributed by atoms with Crippen molar-refractivity contribution in [2.24, 2.45) is 5.92 Å². The molecule has 3 amide bonds. The van der Waals surface area contributed by atoms with Crippen LogP contribution < -0.4 is 15.5 Å². The minimum atomic E-state index is -0.110. The van der Waals surface area contributed by atoms with Crippen molar-refractivity contribution in [1.29, 1.82) is 0 Å². The zero-order valence-corrected chi connectivity index (χ0v) is 13.8. The van der Waals surface area contributed by atoms with Crippen LogP contribution in [0.2, 0.25) is 0 Å². The molecule has 0 saturated carbocycles. The van der Waals surface area contributed by atoms with Gasteiger partial charge in [-0.2, -0.15) is 0 Å². The number of benzene rings is 1. The first-order valence-corrected chi connectivity index (χ1v) is 8.44. The van der Waals surface area contributed by atoms with Crippen LogP contribution in [0.3, 0.4) is 0 Å². The van der Waals surface area contributed by atoms with Crippen LogP contribution in [-0.2, 0) is 0 Å². The lowest BCUT2D eigenvalue weighted by molar-refractivity contribution is 0.0947. The smallest absolute Gasteiger partial charge is 0.321 e. The summed E-state index contributed by atoms with van der Waals surface area (Å²) in [4.78, 5) is 28.1. The number of rotatable bonds is 6. The Bertz CT molecular complexity index is 631. The van der Waals surface area contributed by atoms with Crippen LogP contribution in [0.1, 0.15) is 16.8 Å². The summed E-state index contributed by atoms with van der Waals surface area (Å²) in [6.45, 7) is 8.68. The molecular weight excluding hydrogens is 304 g/mol. The Morgan fingerprint density at radius 2 is 2.29 bits per heavy atom. The largest absolute Gasteiger partial charge is 0.352 e. The van der Waals surface area contributed by atoms with E-state index in [4.69, 9.17) is 0 Å². The van der Waals surface area contributed by atoms with E-state index in [2.05, 4.69) is 22.1 Å². The molecule has 6 heteroatoms. The second kappa shape index (κ2) is 7.49. The Hall–Kier alpha value is -2.34. The lowest BCUT2D eigenvalue weighted by Gasteiger charge is -2.16. The third-order valence-electron chi connectivity index (χ3n) is 4.59. The quantitative estimate of drug-likeness (QED) is 0.777. The molecule has 6 nitrogen and oxygen atoms in total. The topological polar surface area (TPSA) is 64.7 Å². The summed E-state index contributed by atoms with van der Waals surface area (Å²) in [5.41, 5.74) is 1.35. The van der Waals surface area contributed by atoms with E-state index in [-0.39, 0.29) is 11.9 Å². The molecule has 1 unspecified atom stereocenters. The fraction of sp³-hybridized carbons (Fsp3) is 0.444. The van der Waals surface area contributed by atoms with Crippen molar-refractivity contribution >= 4 is 17.6 Å². The van der Waals surface area contributed by atoms with Crippen molar-refractivity contribution < 1.29 is 9.59 Å². The second-order valence-corrected chi connectivity index (χ2v) is 6.35. The van der Waals surface area contributed by atoms with Gasteiger partial charge in [-0.1, -0.05) is 12.1 Å². The van der Waals surface area contributed by atoms with Gasteiger partial charge in [-0.3, -0.25) is 14.6 Å². The predicted molar refractivity (Wildman–Crippen MR) is 94.3 cm³/mol. The molecule has 0 radical (unpaired) electrons. The molecular formula is C18H24N4O2. The summed E-state index contributed by atoms with van der Waals surface area (Å²) in [7, 11) is 0. The van der Waals surface area contributed by atoms with E-state index in [0.717, 1.165) is 31.7 Å².